The molecule has 0 aliphatic rings. The van der Waals surface area contributed by atoms with Crippen LogP contribution in [0.2, 0.25) is 0 Å². The predicted molar refractivity (Wildman–Crippen MR) is 72.7 cm³/mol. The van der Waals surface area contributed by atoms with Gasteiger partial charge in [0.15, 0.2) is 0 Å². The van der Waals surface area contributed by atoms with E-state index in [1.165, 1.54) is 19.2 Å². The van der Waals surface area contributed by atoms with Crippen molar-refractivity contribution in [1.82, 2.24) is 10.3 Å². The van der Waals surface area contributed by atoms with Crippen molar-refractivity contribution in [2.75, 3.05) is 13.7 Å². The van der Waals surface area contributed by atoms with Crippen molar-refractivity contribution < 1.29 is 13.5 Å². The van der Waals surface area contributed by atoms with Crippen LogP contribution >= 0.6 is 0 Å². The van der Waals surface area contributed by atoms with E-state index in [9.17, 15) is 8.78 Å². The number of halogens is 2. The fourth-order valence-corrected chi connectivity index (χ4v) is 2.00. The number of aromatic nitrogens is 1. The summed E-state index contributed by atoms with van der Waals surface area (Å²) in [7, 11) is 1.48. The summed E-state index contributed by atoms with van der Waals surface area (Å²) in [6, 6.07) is 7.09. The number of nitrogens with zero attached hydrogens (tertiary/aromatic N) is 1. The van der Waals surface area contributed by atoms with Crippen molar-refractivity contribution in [1.29, 1.82) is 0 Å². The van der Waals surface area contributed by atoms with Gasteiger partial charge in [-0.25, -0.2) is 8.78 Å². The molecule has 2 aromatic rings. The van der Waals surface area contributed by atoms with Crippen molar-refractivity contribution in [3.8, 4) is 5.75 Å². The molecule has 1 atom stereocenters. The van der Waals surface area contributed by atoms with Gasteiger partial charge in [0.1, 0.15) is 17.4 Å². The van der Waals surface area contributed by atoms with Crippen LogP contribution < -0.4 is 10.1 Å². The molecule has 0 saturated carbocycles. The predicted octanol–water partition coefficient (Wildman–Crippen LogP) is 3.07. The summed E-state index contributed by atoms with van der Waals surface area (Å²) < 4.78 is 32.1. The maximum absolute atomic E-state index is 14.2. The third-order valence-corrected chi connectivity index (χ3v) is 2.97. The van der Waals surface area contributed by atoms with Crippen LogP contribution in [-0.2, 0) is 0 Å². The Hall–Kier alpha value is -2.01. The summed E-state index contributed by atoms with van der Waals surface area (Å²) in [6.45, 7) is 2.55. The molecule has 0 aliphatic heterocycles. The molecule has 1 aromatic heterocycles. The van der Waals surface area contributed by atoms with Crippen LogP contribution in [0.1, 0.15) is 24.2 Å². The third kappa shape index (κ3) is 3.11. The van der Waals surface area contributed by atoms with E-state index in [-0.39, 0.29) is 5.82 Å². The lowest BCUT2D eigenvalue weighted by atomic mass is 10.0. The number of methoxy groups -OCH3 is 1. The van der Waals surface area contributed by atoms with Crippen molar-refractivity contribution >= 4 is 0 Å². The highest BCUT2D eigenvalue weighted by molar-refractivity contribution is 5.34. The highest BCUT2D eigenvalue weighted by Gasteiger charge is 2.18. The Bertz CT molecular complexity index is 573. The lowest BCUT2D eigenvalue weighted by Gasteiger charge is -2.19. The monoisotopic (exact) mass is 278 g/mol. The fraction of sp³-hybridized carbons (Fsp3) is 0.267. The van der Waals surface area contributed by atoms with E-state index in [2.05, 4.69) is 10.3 Å². The SMILES string of the molecule is CCNC(c1ccc(F)cn1)c1ccc(OC)cc1F. The first-order valence-electron chi connectivity index (χ1n) is 6.34. The Morgan fingerprint density at radius 3 is 2.60 bits per heavy atom. The number of nitrogens with one attached hydrogen (secondary N) is 1. The molecule has 0 fully saturated rings. The zero-order chi connectivity index (χ0) is 14.5. The van der Waals surface area contributed by atoms with Gasteiger partial charge in [-0.15, -0.1) is 0 Å². The number of hydrogen-bond donors (Lipinski definition) is 1. The van der Waals surface area contributed by atoms with Gasteiger partial charge in [-0.3, -0.25) is 4.98 Å². The molecule has 1 heterocycles. The van der Waals surface area contributed by atoms with Crippen LogP contribution in [0.15, 0.2) is 36.5 Å². The summed E-state index contributed by atoms with van der Waals surface area (Å²) in [4.78, 5) is 4.02. The molecule has 106 valence electrons. The van der Waals surface area contributed by atoms with Gasteiger partial charge in [0.2, 0.25) is 0 Å². The lowest BCUT2D eigenvalue weighted by Crippen LogP contribution is -2.24. The first kappa shape index (κ1) is 14.4. The normalized spacial score (nSPS) is 12.2. The Morgan fingerprint density at radius 2 is 2.05 bits per heavy atom. The number of hydrogen-bond acceptors (Lipinski definition) is 3. The van der Waals surface area contributed by atoms with E-state index in [0.29, 0.717) is 23.6 Å². The quantitative estimate of drug-likeness (QED) is 0.912. The molecule has 1 unspecified atom stereocenters. The molecule has 0 amide bonds. The van der Waals surface area contributed by atoms with Gasteiger partial charge in [-0.1, -0.05) is 13.0 Å². The first-order valence-corrected chi connectivity index (χ1v) is 6.34. The molecule has 2 rings (SSSR count). The maximum Gasteiger partial charge on any atom is 0.141 e. The van der Waals surface area contributed by atoms with E-state index in [1.54, 1.807) is 18.2 Å². The van der Waals surface area contributed by atoms with Gasteiger partial charge in [0.25, 0.3) is 0 Å². The molecular formula is C15H16F2N2O. The van der Waals surface area contributed by atoms with Gasteiger partial charge >= 0.3 is 0 Å². The van der Waals surface area contributed by atoms with Crippen molar-refractivity contribution in [3.05, 3.63) is 59.4 Å². The second-order valence-electron chi connectivity index (χ2n) is 4.28. The smallest absolute Gasteiger partial charge is 0.141 e. The molecular weight excluding hydrogens is 262 g/mol. The Morgan fingerprint density at radius 1 is 1.25 bits per heavy atom. The summed E-state index contributed by atoms with van der Waals surface area (Å²) in [5.41, 5.74) is 1.02. The molecule has 20 heavy (non-hydrogen) atoms. The summed E-state index contributed by atoms with van der Waals surface area (Å²) in [5, 5.41) is 3.15. The van der Waals surface area contributed by atoms with Gasteiger partial charge < -0.3 is 10.1 Å². The molecule has 0 radical (unpaired) electrons. The minimum Gasteiger partial charge on any atom is -0.497 e. The molecule has 1 aromatic carbocycles. The molecule has 0 saturated heterocycles. The van der Waals surface area contributed by atoms with Crippen LogP contribution in [0.4, 0.5) is 8.78 Å². The lowest BCUT2D eigenvalue weighted by molar-refractivity contribution is 0.410. The molecule has 0 bridgehead atoms. The van der Waals surface area contributed by atoms with Crippen LogP contribution in [0.5, 0.6) is 5.75 Å². The molecule has 0 aliphatic carbocycles. The van der Waals surface area contributed by atoms with E-state index in [0.717, 1.165) is 6.20 Å². The third-order valence-electron chi connectivity index (χ3n) is 2.97. The van der Waals surface area contributed by atoms with Crippen molar-refractivity contribution in [3.63, 3.8) is 0 Å². The summed E-state index contributed by atoms with van der Waals surface area (Å²) >= 11 is 0. The summed E-state index contributed by atoms with van der Waals surface area (Å²) in [5.74, 6) is -0.353. The van der Waals surface area contributed by atoms with Crippen molar-refractivity contribution in [2.45, 2.75) is 13.0 Å². The molecule has 3 nitrogen and oxygen atoms in total. The second-order valence-corrected chi connectivity index (χ2v) is 4.28. The zero-order valence-corrected chi connectivity index (χ0v) is 11.4. The van der Waals surface area contributed by atoms with Crippen LogP contribution in [0, 0.1) is 11.6 Å². The van der Waals surface area contributed by atoms with Crippen LogP contribution in [0.3, 0.4) is 0 Å². The molecule has 0 spiro atoms. The van der Waals surface area contributed by atoms with E-state index < -0.39 is 11.9 Å². The van der Waals surface area contributed by atoms with Crippen molar-refractivity contribution in [2.24, 2.45) is 0 Å². The largest absolute Gasteiger partial charge is 0.497 e. The maximum atomic E-state index is 14.2. The van der Waals surface area contributed by atoms with E-state index in [4.69, 9.17) is 4.74 Å². The molecule has 1 N–H and O–H groups in total. The number of rotatable bonds is 5. The topological polar surface area (TPSA) is 34.2 Å². The van der Waals surface area contributed by atoms with E-state index in [1.807, 2.05) is 6.92 Å². The zero-order valence-electron chi connectivity index (χ0n) is 11.4. The average molecular weight is 278 g/mol. The molecule has 5 heteroatoms. The van der Waals surface area contributed by atoms with Crippen LogP contribution in [-0.4, -0.2) is 18.6 Å². The second kappa shape index (κ2) is 6.43. The standard InChI is InChI=1S/C15H16F2N2O/c1-3-18-15(14-7-4-10(16)9-19-14)12-6-5-11(20-2)8-13(12)17/h4-9,15,18H,3H2,1-2H3. The average Bonchev–Trinajstić information content (AvgIpc) is 2.46. The Kier molecular flexibility index (Phi) is 4.63. The fourth-order valence-electron chi connectivity index (χ4n) is 2.00. The summed E-state index contributed by atoms with van der Waals surface area (Å²) in [6.07, 6.45) is 1.13. The van der Waals surface area contributed by atoms with Crippen LogP contribution in [0.25, 0.3) is 0 Å². The minimum absolute atomic E-state index is 0.388. The Labute approximate surface area is 116 Å². The number of ether oxygens (including phenoxy) is 1. The minimum atomic E-state index is -0.425. The number of benzene rings is 1. The highest BCUT2D eigenvalue weighted by Crippen LogP contribution is 2.26. The van der Waals surface area contributed by atoms with Gasteiger partial charge in [0, 0.05) is 11.6 Å². The van der Waals surface area contributed by atoms with Gasteiger partial charge in [0.05, 0.1) is 25.0 Å². The highest BCUT2D eigenvalue weighted by atomic mass is 19.1. The first-order chi connectivity index (χ1) is 9.65. The van der Waals surface area contributed by atoms with Gasteiger partial charge in [-0.2, -0.15) is 0 Å². The van der Waals surface area contributed by atoms with E-state index >= 15 is 0 Å². The van der Waals surface area contributed by atoms with Gasteiger partial charge in [-0.05, 0) is 24.7 Å². The Balaban J connectivity index is 2.40. The number of pyridine rings is 1.